The van der Waals surface area contributed by atoms with Crippen LogP contribution < -0.4 is 15.4 Å². The summed E-state index contributed by atoms with van der Waals surface area (Å²) in [5.41, 5.74) is -0.846. The molecule has 4 amide bonds. The van der Waals surface area contributed by atoms with E-state index in [2.05, 4.69) is 15.7 Å². The largest absolute Gasteiger partial charge is 0.481 e. The number of hydrogen-bond acceptors (Lipinski definition) is 9. The molecule has 0 unspecified atom stereocenters. The lowest BCUT2D eigenvalue weighted by molar-refractivity contribution is -0.176. The summed E-state index contributed by atoms with van der Waals surface area (Å²) >= 11 is 7.18. The minimum atomic E-state index is -4.80. The number of amides is 4. The molecule has 2 aliphatic heterocycles. The number of carbonyl (C=O) groups is 6. The zero-order valence-electron chi connectivity index (χ0n) is 27.2. The molecule has 0 aliphatic carbocycles. The highest BCUT2D eigenvalue weighted by molar-refractivity contribution is 7.99. The van der Waals surface area contributed by atoms with Crippen molar-refractivity contribution in [3.8, 4) is 11.6 Å². The number of carboxylic acid groups (broad SMARTS) is 1. The molecule has 1 aromatic heterocycles. The van der Waals surface area contributed by atoms with Gasteiger partial charge in [0.25, 0.3) is 11.8 Å². The SMILES string of the molecule is O=C(O)CCSc1ccc(C(=O)N[C@H]2CCC(=O)N3CCC[C@@H](C(=O)NCC(=O)COc4cc(C(F)(F)F)nn4-c4ccc(Cl)cc4)N3C2=O)cc1. The minimum Gasteiger partial charge on any atom is -0.481 e. The number of halogens is 4. The van der Waals surface area contributed by atoms with Gasteiger partial charge in [0.2, 0.25) is 17.7 Å². The third-order valence-electron chi connectivity index (χ3n) is 8.05. The van der Waals surface area contributed by atoms with Gasteiger partial charge in [-0.25, -0.2) is 9.69 Å². The number of alkyl halides is 3. The molecule has 2 aromatic carbocycles. The number of hydrazine groups is 1. The highest BCUT2D eigenvalue weighted by atomic mass is 35.5. The fourth-order valence-electron chi connectivity index (χ4n) is 5.49. The van der Waals surface area contributed by atoms with E-state index in [9.17, 15) is 41.9 Å². The number of nitrogens with zero attached hydrogens (tertiary/aromatic N) is 4. The Kier molecular flexibility index (Phi) is 12.1. The maximum Gasteiger partial charge on any atom is 0.435 e. The van der Waals surface area contributed by atoms with E-state index in [1.165, 1.54) is 53.2 Å². The summed E-state index contributed by atoms with van der Waals surface area (Å²) in [7, 11) is 0. The molecular formula is C33H32ClF3N6O8S. The fraction of sp³-hybridized carbons (Fsp3) is 0.364. The molecular weight excluding hydrogens is 733 g/mol. The second-order valence-electron chi connectivity index (χ2n) is 11.7. The Balaban J connectivity index is 1.20. The van der Waals surface area contributed by atoms with E-state index in [0.29, 0.717) is 23.3 Å². The van der Waals surface area contributed by atoms with E-state index < -0.39 is 72.5 Å². The van der Waals surface area contributed by atoms with Crippen LogP contribution in [0.2, 0.25) is 5.02 Å². The minimum absolute atomic E-state index is 0.0215. The second kappa shape index (κ2) is 16.5. The number of rotatable bonds is 13. The number of aromatic nitrogens is 2. The van der Waals surface area contributed by atoms with Crippen LogP contribution >= 0.6 is 23.4 Å². The molecule has 0 radical (unpaired) electrons. The molecule has 52 heavy (non-hydrogen) atoms. The number of fused-ring (bicyclic) bond motifs is 1. The fourth-order valence-corrected chi connectivity index (χ4v) is 6.45. The highest BCUT2D eigenvalue weighted by Gasteiger charge is 2.44. The monoisotopic (exact) mass is 764 g/mol. The van der Waals surface area contributed by atoms with Crippen molar-refractivity contribution in [2.24, 2.45) is 0 Å². The standard InChI is InChI=1S/C33H32ClF3N6O8S/c34-20-5-7-21(8-6-20)42-28(16-26(40-42)33(35,36)37)51-18-22(44)17-38-31(49)25-2-1-14-41-27(45)12-11-24(32(50)43(25)41)39-30(48)19-3-9-23(10-4-19)52-15-13-29(46)47/h3-10,16,24-25H,1-2,11-15,17-18H2,(H,38,49)(H,39,48)(H,46,47)/t24-,25-/m0/s1. The maximum atomic E-state index is 13.8. The predicted molar refractivity (Wildman–Crippen MR) is 179 cm³/mol. The number of nitrogens with one attached hydrogen (secondary N) is 2. The van der Waals surface area contributed by atoms with Gasteiger partial charge in [0.1, 0.15) is 12.1 Å². The van der Waals surface area contributed by atoms with Crippen LogP contribution in [0.5, 0.6) is 5.88 Å². The van der Waals surface area contributed by atoms with Gasteiger partial charge in [-0.3, -0.25) is 33.8 Å². The number of benzene rings is 2. The second-order valence-corrected chi connectivity index (χ2v) is 13.3. The van der Waals surface area contributed by atoms with E-state index in [0.717, 1.165) is 14.6 Å². The highest BCUT2D eigenvalue weighted by Crippen LogP contribution is 2.32. The lowest BCUT2D eigenvalue weighted by atomic mass is 10.1. The molecule has 2 aliphatic rings. The summed E-state index contributed by atoms with van der Waals surface area (Å²) in [6.45, 7) is -1.17. The number of ketones is 1. The molecule has 3 N–H and O–H groups in total. The topological polar surface area (TPSA) is 180 Å². The van der Waals surface area contributed by atoms with E-state index in [1.807, 2.05) is 0 Å². The third kappa shape index (κ3) is 9.41. The molecule has 0 saturated carbocycles. The van der Waals surface area contributed by atoms with Gasteiger partial charge in [0.15, 0.2) is 18.1 Å². The lowest BCUT2D eigenvalue weighted by Gasteiger charge is -2.42. The van der Waals surface area contributed by atoms with E-state index in [-0.39, 0.29) is 49.4 Å². The van der Waals surface area contributed by atoms with E-state index in [4.69, 9.17) is 21.4 Å². The lowest BCUT2D eigenvalue weighted by Crippen LogP contribution is -2.63. The summed E-state index contributed by atoms with van der Waals surface area (Å²) < 4.78 is 46.5. The smallest absolute Gasteiger partial charge is 0.435 e. The quantitative estimate of drug-likeness (QED) is 0.218. The molecule has 0 spiro atoms. The van der Waals surface area contributed by atoms with Crippen molar-refractivity contribution in [1.82, 2.24) is 30.4 Å². The third-order valence-corrected chi connectivity index (χ3v) is 9.32. The first kappa shape index (κ1) is 38.1. The normalized spacial score (nSPS) is 17.6. The number of hydrogen-bond donors (Lipinski definition) is 3. The first-order valence-corrected chi connectivity index (χ1v) is 17.3. The molecule has 5 rings (SSSR count). The van der Waals surface area contributed by atoms with Crippen LogP contribution in [0.1, 0.15) is 48.2 Å². The van der Waals surface area contributed by atoms with Crippen molar-refractivity contribution in [3.63, 3.8) is 0 Å². The van der Waals surface area contributed by atoms with Gasteiger partial charge in [-0.15, -0.1) is 11.8 Å². The van der Waals surface area contributed by atoms with Gasteiger partial charge in [-0.2, -0.15) is 18.3 Å². The van der Waals surface area contributed by atoms with Gasteiger partial charge in [-0.05, 0) is 67.8 Å². The molecule has 19 heteroatoms. The number of carbonyl (C=O) groups excluding carboxylic acids is 5. The van der Waals surface area contributed by atoms with Crippen molar-refractivity contribution in [1.29, 1.82) is 0 Å². The molecule has 3 aromatic rings. The summed E-state index contributed by atoms with van der Waals surface area (Å²) in [6.07, 6.45) is -4.42. The molecule has 2 fully saturated rings. The van der Waals surface area contributed by atoms with Gasteiger partial charge >= 0.3 is 12.1 Å². The number of aliphatic carboxylic acids is 1. The molecule has 2 atom stereocenters. The van der Waals surface area contributed by atoms with Crippen LogP contribution in [0.3, 0.4) is 0 Å². The van der Waals surface area contributed by atoms with Gasteiger partial charge < -0.3 is 20.5 Å². The Labute approximate surface area is 303 Å². The van der Waals surface area contributed by atoms with Crippen LogP contribution in [0, 0.1) is 0 Å². The molecule has 0 bridgehead atoms. The van der Waals surface area contributed by atoms with Crippen LogP contribution in [-0.2, 0) is 30.1 Å². The summed E-state index contributed by atoms with van der Waals surface area (Å²) in [5.74, 6) is -4.14. The molecule has 3 heterocycles. The zero-order chi connectivity index (χ0) is 37.6. The van der Waals surface area contributed by atoms with Crippen LogP contribution in [-0.4, -0.2) is 97.8 Å². The Hall–Kier alpha value is -5.10. The Morgan fingerprint density at radius 3 is 2.42 bits per heavy atom. The number of ether oxygens (including phenoxy) is 1. The average Bonchev–Trinajstić information content (AvgIpc) is 3.51. The van der Waals surface area contributed by atoms with Gasteiger partial charge in [-0.1, -0.05) is 11.6 Å². The summed E-state index contributed by atoms with van der Waals surface area (Å²) in [4.78, 5) is 77.5. The Morgan fingerprint density at radius 2 is 1.75 bits per heavy atom. The Morgan fingerprint density at radius 1 is 1.04 bits per heavy atom. The number of thioether (sulfide) groups is 1. The van der Waals surface area contributed by atoms with Crippen molar-refractivity contribution in [2.75, 3.05) is 25.4 Å². The summed E-state index contributed by atoms with van der Waals surface area (Å²) in [6, 6.07) is 10.3. The zero-order valence-corrected chi connectivity index (χ0v) is 28.8. The number of carboxylic acids is 1. The molecule has 2 saturated heterocycles. The number of Topliss-reactive ketones (excluding diaryl/α,β-unsaturated/α-hetero) is 1. The van der Waals surface area contributed by atoms with Crippen molar-refractivity contribution in [3.05, 3.63) is 70.9 Å². The van der Waals surface area contributed by atoms with Crippen molar-refractivity contribution < 1.29 is 51.8 Å². The first-order valence-electron chi connectivity index (χ1n) is 16.0. The van der Waals surface area contributed by atoms with Crippen molar-refractivity contribution in [2.45, 2.75) is 55.3 Å². The predicted octanol–water partition coefficient (Wildman–Crippen LogP) is 3.50. The summed E-state index contributed by atoms with van der Waals surface area (Å²) in [5, 5.41) is 20.0. The molecule has 14 nitrogen and oxygen atoms in total. The Bertz CT molecular complexity index is 1840. The van der Waals surface area contributed by atoms with Gasteiger partial charge in [0.05, 0.1) is 18.7 Å². The van der Waals surface area contributed by atoms with E-state index in [1.54, 1.807) is 12.1 Å². The van der Waals surface area contributed by atoms with E-state index >= 15 is 0 Å². The van der Waals surface area contributed by atoms with Crippen LogP contribution in [0.15, 0.2) is 59.5 Å². The first-order chi connectivity index (χ1) is 24.7. The van der Waals surface area contributed by atoms with Crippen LogP contribution in [0.25, 0.3) is 5.69 Å². The maximum absolute atomic E-state index is 13.8. The molecule has 276 valence electrons. The van der Waals surface area contributed by atoms with Gasteiger partial charge in [0, 0.05) is 40.3 Å². The average molecular weight is 765 g/mol. The van der Waals surface area contributed by atoms with Crippen molar-refractivity contribution >= 4 is 58.7 Å². The van der Waals surface area contributed by atoms with Crippen LogP contribution in [0.4, 0.5) is 13.2 Å².